The summed E-state index contributed by atoms with van der Waals surface area (Å²) in [4.78, 5) is 9.13. The van der Waals surface area contributed by atoms with Crippen LogP contribution in [-0.4, -0.2) is 17.1 Å². The number of aromatic nitrogens is 2. The Morgan fingerprint density at radius 1 is 1.24 bits per heavy atom. The highest BCUT2D eigenvalue weighted by atomic mass is 16.5. The van der Waals surface area contributed by atoms with Crippen LogP contribution in [0.15, 0.2) is 18.2 Å². The third kappa shape index (κ3) is 2.54. The highest BCUT2D eigenvalue weighted by Crippen LogP contribution is 2.21. The summed E-state index contributed by atoms with van der Waals surface area (Å²) < 4.78 is 5.22. The van der Waals surface area contributed by atoms with E-state index in [1.165, 1.54) is 6.42 Å². The summed E-state index contributed by atoms with van der Waals surface area (Å²) in [6.45, 7) is 4.21. The fourth-order valence-corrected chi connectivity index (χ4v) is 1.89. The van der Waals surface area contributed by atoms with Gasteiger partial charge in [-0.05, 0) is 31.5 Å². The van der Waals surface area contributed by atoms with Crippen molar-refractivity contribution in [1.29, 1.82) is 0 Å². The number of ether oxygens (including phenoxy) is 1. The number of benzene rings is 1. The van der Waals surface area contributed by atoms with Crippen LogP contribution < -0.4 is 4.74 Å². The second-order valence-corrected chi connectivity index (χ2v) is 4.21. The smallest absolute Gasteiger partial charge is 0.129 e. The number of hydrogen-bond donors (Lipinski definition) is 0. The second-order valence-electron chi connectivity index (χ2n) is 4.21. The van der Waals surface area contributed by atoms with Crippen molar-refractivity contribution in [3.8, 4) is 5.75 Å². The van der Waals surface area contributed by atoms with Gasteiger partial charge in [0.05, 0.1) is 12.6 Å². The van der Waals surface area contributed by atoms with E-state index >= 15 is 0 Å². The molecular weight excluding hydrogens is 212 g/mol. The Morgan fingerprint density at radius 3 is 2.76 bits per heavy atom. The Labute approximate surface area is 102 Å². The largest absolute Gasteiger partial charge is 0.497 e. The number of methoxy groups -OCH3 is 1. The van der Waals surface area contributed by atoms with Crippen molar-refractivity contribution in [2.45, 2.75) is 33.1 Å². The number of nitrogens with zero attached hydrogens (tertiary/aromatic N) is 2. The van der Waals surface area contributed by atoms with Crippen LogP contribution in [-0.2, 0) is 6.42 Å². The van der Waals surface area contributed by atoms with E-state index in [0.29, 0.717) is 0 Å². The van der Waals surface area contributed by atoms with Gasteiger partial charge in [0.15, 0.2) is 0 Å². The van der Waals surface area contributed by atoms with Gasteiger partial charge in [-0.3, -0.25) is 0 Å². The second kappa shape index (κ2) is 5.13. The van der Waals surface area contributed by atoms with Crippen LogP contribution >= 0.6 is 0 Å². The van der Waals surface area contributed by atoms with Gasteiger partial charge in [-0.2, -0.15) is 0 Å². The van der Waals surface area contributed by atoms with Gasteiger partial charge in [0.25, 0.3) is 0 Å². The number of unbranched alkanes of at least 4 members (excludes halogenated alkanes) is 1. The number of rotatable bonds is 4. The van der Waals surface area contributed by atoms with Gasteiger partial charge in [-0.15, -0.1) is 0 Å². The highest BCUT2D eigenvalue weighted by Gasteiger charge is 2.05. The Hall–Kier alpha value is -1.64. The van der Waals surface area contributed by atoms with E-state index in [-0.39, 0.29) is 0 Å². The third-order valence-electron chi connectivity index (χ3n) is 2.89. The molecule has 0 bridgehead atoms. The maximum Gasteiger partial charge on any atom is 0.129 e. The van der Waals surface area contributed by atoms with Crippen molar-refractivity contribution in [2.75, 3.05) is 7.11 Å². The van der Waals surface area contributed by atoms with Crippen molar-refractivity contribution < 1.29 is 4.74 Å². The number of fused-ring (bicyclic) bond motifs is 1. The lowest BCUT2D eigenvalue weighted by Gasteiger charge is -2.07. The van der Waals surface area contributed by atoms with Gasteiger partial charge >= 0.3 is 0 Å². The lowest BCUT2D eigenvalue weighted by Crippen LogP contribution is -1.98. The molecule has 0 fully saturated rings. The van der Waals surface area contributed by atoms with Gasteiger partial charge in [0, 0.05) is 17.5 Å². The molecule has 0 unspecified atom stereocenters. The van der Waals surface area contributed by atoms with Crippen molar-refractivity contribution in [1.82, 2.24) is 9.97 Å². The van der Waals surface area contributed by atoms with Crippen molar-refractivity contribution in [3.63, 3.8) is 0 Å². The number of hydrogen-bond acceptors (Lipinski definition) is 3. The van der Waals surface area contributed by atoms with Gasteiger partial charge < -0.3 is 4.74 Å². The first kappa shape index (κ1) is 11.8. The first-order valence-corrected chi connectivity index (χ1v) is 6.06. The first-order chi connectivity index (χ1) is 8.24. The SMILES string of the molecule is CCCCc1nc(C)c2cc(OC)ccc2n1. The van der Waals surface area contributed by atoms with Crippen LogP contribution in [0.5, 0.6) is 5.75 Å². The molecule has 2 aromatic rings. The molecule has 3 nitrogen and oxygen atoms in total. The Kier molecular flexibility index (Phi) is 3.57. The van der Waals surface area contributed by atoms with E-state index in [0.717, 1.165) is 41.0 Å². The molecule has 17 heavy (non-hydrogen) atoms. The van der Waals surface area contributed by atoms with Crippen LogP contribution in [0.3, 0.4) is 0 Å². The van der Waals surface area contributed by atoms with Gasteiger partial charge in [0.1, 0.15) is 11.6 Å². The minimum Gasteiger partial charge on any atom is -0.497 e. The average molecular weight is 230 g/mol. The van der Waals surface area contributed by atoms with Crippen LogP contribution in [0.1, 0.15) is 31.3 Å². The summed E-state index contributed by atoms with van der Waals surface area (Å²) in [5.41, 5.74) is 2.03. The summed E-state index contributed by atoms with van der Waals surface area (Å²) in [5, 5.41) is 1.07. The molecule has 2 rings (SSSR count). The number of aryl methyl sites for hydroxylation is 2. The first-order valence-electron chi connectivity index (χ1n) is 6.06. The summed E-state index contributed by atoms with van der Waals surface area (Å²) in [6, 6.07) is 5.94. The Balaban J connectivity index is 2.44. The van der Waals surface area contributed by atoms with E-state index in [1.54, 1.807) is 7.11 Å². The van der Waals surface area contributed by atoms with E-state index in [9.17, 15) is 0 Å². The summed E-state index contributed by atoms with van der Waals surface area (Å²) in [7, 11) is 1.67. The molecule has 1 aromatic heterocycles. The maximum absolute atomic E-state index is 5.22. The standard InChI is InChI=1S/C14H18N2O/c1-4-5-6-14-15-10(2)12-9-11(17-3)7-8-13(12)16-14/h7-9H,4-6H2,1-3H3. The van der Waals surface area contributed by atoms with Crippen LogP contribution in [0.2, 0.25) is 0 Å². The monoisotopic (exact) mass is 230 g/mol. The summed E-state index contributed by atoms with van der Waals surface area (Å²) in [6.07, 6.45) is 3.27. The molecule has 0 aliphatic carbocycles. The molecular formula is C14H18N2O. The van der Waals surface area contributed by atoms with E-state index in [2.05, 4.69) is 16.9 Å². The predicted octanol–water partition coefficient (Wildman–Crippen LogP) is 3.29. The fourth-order valence-electron chi connectivity index (χ4n) is 1.89. The molecule has 0 spiro atoms. The highest BCUT2D eigenvalue weighted by molar-refractivity contribution is 5.82. The lowest BCUT2D eigenvalue weighted by atomic mass is 10.1. The molecule has 0 aliphatic rings. The van der Waals surface area contributed by atoms with Crippen LogP contribution in [0.25, 0.3) is 10.9 Å². The van der Waals surface area contributed by atoms with Crippen molar-refractivity contribution in [2.24, 2.45) is 0 Å². The zero-order valence-corrected chi connectivity index (χ0v) is 10.7. The molecule has 1 aromatic carbocycles. The zero-order valence-electron chi connectivity index (χ0n) is 10.7. The molecule has 0 saturated heterocycles. The minimum absolute atomic E-state index is 0.852. The maximum atomic E-state index is 5.22. The van der Waals surface area contributed by atoms with Gasteiger partial charge in [-0.1, -0.05) is 13.3 Å². The van der Waals surface area contributed by atoms with Crippen LogP contribution in [0, 0.1) is 6.92 Å². The summed E-state index contributed by atoms with van der Waals surface area (Å²) >= 11 is 0. The van der Waals surface area contributed by atoms with E-state index < -0.39 is 0 Å². The molecule has 0 atom stereocenters. The molecule has 1 heterocycles. The topological polar surface area (TPSA) is 35.0 Å². The average Bonchev–Trinajstić information content (AvgIpc) is 2.36. The van der Waals surface area contributed by atoms with Gasteiger partial charge in [0.2, 0.25) is 0 Å². The quantitative estimate of drug-likeness (QED) is 0.808. The zero-order chi connectivity index (χ0) is 12.3. The molecule has 0 N–H and O–H groups in total. The molecule has 3 heteroatoms. The Morgan fingerprint density at radius 2 is 2.06 bits per heavy atom. The van der Waals surface area contributed by atoms with Crippen LogP contribution in [0.4, 0.5) is 0 Å². The molecule has 90 valence electrons. The van der Waals surface area contributed by atoms with Crippen molar-refractivity contribution in [3.05, 3.63) is 29.7 Å². The molecule has 0 aliphatic heterocycles. The third-order valence-corrected chi connectivity index (χ3v) is 2.89. The predicted molar refractivity (Wildman–Crippen MR) is 69.4 cm³/mol. The minimum atomic E-state index is 0.852. The Bertz CT molecular complexity index is 523. The molecule has 0 saturated carbocycles. The van der Waals surface area contributed by atoms with E-state index in [1.807, 2.05) is 25.1 Å². The molecule has 0 radical (unpaired) electrons. The van der Waals surface area contributed by atoms with E-state index in [4.69, 9.17) is 4.74 Å². The lowest BCUT2D eigenvalue weighted by molar-refractivity contribution is 0.415. The molecule has 0 amide bonds. The van der Waals surface area contributed by atoms with Crippen molar-refractivity contribution >= 4 is 10.9 Å². The fraction of sp³-hybridized carbons (Fsp3) is 0.429. The summed E-state index contributed by atoms with van der Waals surface area (Å²) in [5.74, 6) is 1.80. The van der Waals surface area contributed by atoms with Gasteiger partial charge in [-0.25, -0.2) is 9.97 Å². The normalized spacial score (nSPS) is 10.8.